The van der Waals surface area contributed by atoms with Crippen LogP contribution < -0.4 is 10.1 Å². The average Bonchev–Trinajstić information content (AvgIpc) is 3.40. The Hall–Kier alpha value is -2.82. The minimum Gasteiger partial charge on any atom is -0.455 e. The maximum absolute atomic E-state index is 12.3. The number of nitrogens with one attached hydrogen (secondary N) is 1. The number of carbonyl (C=O) groups excluding carboxylic acids is 2. The lowest BCUT2D eigenvalue weighted by molar-refractivity contribution is -0.133. The highest BCUT2D eigenvalue weighted by Gasteiger charge is 2.32. The first-order chi connectivity index (χ1) is 11.6. The molecule has 0 spiro atoms. The Morgan fingerprint density at radius 2 is 1.75 bits per heavy atom. The molecule has 1 fully saturated rings. The van der Waals surface area contributed by atoms with Crippen LogP contribution in [-0.2, 0) is 9.59 Å². The molecule has 5 nitrogen and oxygen atoms in total. The quantitative estimate of drug-likeness (QED) is 0.885. The summed E-state index contributed by atoms with van der Waals surface area (Å²) in [5, 5.41) is 2.84. The van der Waals surface area contributed by atoms with Crippen LogP contribution in [0.2, 0.25) is 0 Å². The monoisotopic (exact) mass is 324 g/mol. The zero-order valence-corrected chi connectivity index (χ0v) is 13.6. The van der Waals surface area contributed by atoms with Crippen LogP contribution in [0, 0.1) is 0 Å². The Bertz CT molecular complexity index is 726. The molecule has 124 valence electrons. The number of rotatable bonds is 6. The molecule has 0 aliphatic heterocycles. The standard InChI is InChI=1S/C19H20N2O3/c1-14(22)21(15-11-12-15)13-19(23)20-17-9-5-6-10-18(17)24-16-7-3-2-4-8-16/h2-10,15H,11-13H2,1H3,(H,20,23). The summed E-state index contributed by atoms with van der Waals surface area (Å²) in [6.07, 6.45) is 1.95. The summed E-state index contributed by atoms with van der Waals surface area (Å²) in [5.74, 6) is 0.975. The molecule has 3 rings (SSSR count). The third-order valence-corrected chi connectivity index (χ3v) is 3.84. The normalized spacial score (nSPS) is 13.2. The Kier molecular flexibility index (Phi) is 4.79. The van der Waals surface area contributed by atoms with Gasteiger partial charge in [0.25, 0.3) is 0 Å². The van der Waals surface area contributed by atoms with Gasteiger partial charge in [-0.3, -0.25) is 9.59 Å². The van der Waals surface area contributed by atoms with Crippen LogP contribution in [0.25, 0.3) is 0 Å². The summed E-state index contributed by atoms with van der Waals surface area (Å²) in [7, 11) is 0. The van der Waals surface area contributed by atoms with Crippen molar-refractivity contribution >= 4 is 17.5 Å². The number of para-hydroxylation sites is 3. The van der Waals surface area contributed by atoms with Crippen molar-refractivity contribution in [2.45, 2.75) is 25.8 Å². The van der Waals surface area contributed by atoms with Crippen molar-refractivity contribution in [1.29, 1.82) is 0 Å². The topological polar surface area (TPSA) is 58.6 Å². The minimum absolute atomic E-state index is 0.0681. The second-order valence-corrected chi connectivity index (χ2v) is 5.84. The lowest BCUT2D eigenvalue weighted by Crippen LogP contribution is -2.38. The van der Waals surface area contributed by atoms with E-state index in [1.165, 1.54) is 6.92 Å². The van der Waals surface area contributed by atoms with Gasteiger partial charge < -0.3 is 15.0 Å². The van der Waals surface area contributed by atoms with Crippen LogP contribution in [0.3, 0.4) is 0 Å². The highest BCUT2D eigenvalue weighted by molar-refractivity contribution is 5.95. The first-order valence-corrected chi connectivity index (χ1v) is 8.02. The van der Waals surface area contributed by atoms with Crippen molar-refractivity contribution in [3.05, 3.63) is 54.6 Å². The van der Waals surface area contributed by atoms with E-state index < -0.39 is 0 Å². The second kappa shape index (κ2) is 7.17. The molecule has 1 saturated carbocycles. The molecule has 0 heterocycles. The SMILES string of the molecule is CC(=O)N(CC(=O)Nc1ccccc1Oc1ccccc1)C1CC1. The molecule has 2 aromatic carbocycles. The molecule has 1 N–H and O–H groups in total. The van der Waals surface area contributed by atoms with Gasteiger partial charge in [-0.25, -0.2) is 0 Å². The van der Waals surface area contributed by atoms with Crippen molar-refractivity contribution in [3.63, 3.8) is 0 Å². The number of nitrogens with zero attached hydrogens (tertiary/aromatic N) is 1. The smallest absolute Gasteiger partial charge is 0.244 e. The van der Waals surface area contributed by atoms with E-state index in [9.17, 15) is 9.59 Å². The Balaban J connectivity index is 1.68. The molecule has 0 saturated heterocycles. The van der Waals surface area contributed by atoms with Crippen molar-refractivity contribution in [1.82, 2.24) is 4.90 Å². The van der Waals surface area contributed by atoms with Crippen LogP contribution in [0.1, 0.15) is 19.8 Å². The van der Waals surface area contributed by atoms with Crippen LogP contribution >= 0.6 is 0 Å². The number of hydrogen-bond acceptors (Lipinski definition) is 3. The van der Waals surface area contributed by atoms with Gasteiger partial charge in [-0.1, -0.05) is 30.3 Å². The zero-order valence-electron chi connectivity index (χ0n) is 13.6. The second-order valence-electron chi connectivity index (χ2n) is 5.84. The molecule has 0 bridgehead atoms. The number of carbonyl (C=O) groups is 2. The van der Waals surface area contributed by atoms with Crippen LogP contribution in [0.5, 0.6) is 11.5 Å². The highest BCUT2D eigenvalue weighted by Crippen LogP contribution is 2.30. The molecular weight excluding hydrogens is 304 g/mol. The van der Waals surface area contributed by atoms with Gasteiger partial charge in [-0.2, -0.15) is 0 Å². The molecule has 2 amide bonds. The Morgan fingerprint density at radius 3 is 2.42 bits per heavy atom. The summed E-state index contributed by atoms with van der Waals surface area (Å²) >= 11 is 0. The zero-order chi connectivity index (χ0) is 16.9. The van der Waals surface area contributed by atoms with Crippen molar-refractivity contribution in [3.8, 4) is 11.5 Å². The largest absolute Gasteiger partial charge is 0.455 e. The van der Waals surface area contributed by atoms with Crippen LogP contribution in [-0.4, -0.2) is 29.3 Å². The van der Waals surface area contributed by atoms with Crippen molar-refractivity contribution in [2.75, 3.05) is 11.9 Å². The first kappa shape index (κ1) is 16.1. The van der Waals surface area contributed by atoms with Gasteiger partial charge in [0, 0.05) is 13.0 Å². The molecule has 2 aromatic rings. The molecule has 0 unspecified atom stereocenters. The molecule has 0 aromatic heterocycles. The first-order valence-electron chi connectivity index (χ1n) is 8.02. The molecule has 1 aliphatic carbocycles. The molecule has 5 heteroatoms. The lowest BCUT2D eigenvalue weighted by Gasteiger charge is -2.20. The summed E-state index contributed by atoms with van der Waals surface area (Å²) in [5.41, 5.74) is 0.589. The number of hydrogen-bond donors (Lipinski definition) is 1. The number of benzene rings is 2. The Labute approximate surface area is 141 Å². The van der Waals surface area contributed by atoms with Gasteiger partial charge in [0.2, 0.25) is 11.8 Å². The van der Waals surface area contributed by atoms with Gasteiger partial charge in [0.05, 0.1) is 5.69 Å². The summed E-state index contributed by atoms with van der Waals surface area (Å²) in [6, 6.07) is 16.9. The molecule has 0 atom stereocenters. The van der Waals surface area contributed by atoms with E-state index in [0.717, 1.165) is 12.8 Å². The predicted molar refractivity (Wildman–Crippen MR) is 92.0 cm³/mol. The molecule has 24 heavy (non-hydrogen) atoms. The van der Waals surface area contributed by atoms with Crippen LogP contribution in [0.15, 0.2) is 54.6 Å². The van der Waals surface area contributed by atoms with Crippen molar-refractivity contribution < 1.29 is 14.3 Å². The lowest BCUT2D eigenvalue weighted by atomic mass is 10.2. The van der Waals surface area contributed by atoms with E-state index in [-0.39, 0.29) is 24.4 Å². The van der Waals surface area contributed by atoms with E-state index in [1.807, 2.05) is 42.5 Å². The fraction of sp³-hybridized carbons (Fsp3) is 0.263. The van der Waals surface area contributed by atoms with Gasteiger partial charge in [-0.05, 0) is 37.1 Å². The van der Waals surface area contributed by atoms with E-state index in [2.05, 4.69) is 5.32 Å². The Morgan fingerprint density at radius 1 is 1.08 bits per heavy atom. The fourth-order valence-corrected chi connectivity index (χ4v) is 2.50. The van der Waals surface area contributed by atoms with Crippen molar-refractivity contribution in [2.24, 2.45) is 0 Å². The maximum Gasteiger partial charge on any atom is 0.244 e. The number of anilines is 1. The number of ether oxygens (including phenoxy) is 1. The fourth-order valence-electron chi connectivity index (χ4n) is 2.50. The summed E-state index contributed by atoms with van der Waals surface area (Å²) in [6.45, 7) is 1.57. The third kappa shape index (κ3) is 4.13. The number of amides is 2. The summed E-state index contributed by atoms with van der Waals surface area (Å²) in [4.78, 5) is 25.6. The van der Waals surface area contributed by atoms with E-state index >= 15 is 0 Å². The van der Waals surface area contributed by atoms with E-state index in [4.69, 9.17) is 4.74 Å². The maximum atomic E-state index is 12.3. The summed E-state index contributed by atoms with van der Waals surface area (Å²) < 4.78 is 5.83. The van der Waals surface area contributed by atoms with E-state index in [0.29, 0.717) is 17.2 Å². The van der Waals surface area contributed by atoms with Gasteiger partial charge in [-0.15, -0.1) is 0 Å². The molecule has 1 aliphatic rings. The van der Waals surface area contributed by atoms with Gasteiger partial charge in [0.15, 0.2) is 5.75 Å². The van der Waals surface area contributed by atoms with Gasteiger partial charge in [0.1, 0.15) is 12.3 Å². The van der Waals surface area contributed by atoms with E-state index in [1.54, 1.807) is 17.0 Å². The molecule has 0 radical (unpaired) electrons. The van der Waals surface area contributed by atoms with Crippen LogP contribution in [0.4, 0.5) is 5.69 Å². The predicted octanol–water partition coefficient (Wildman–Crippen LogP) is 3.43. The minimum atomic E-state index is -0.221. The van der Waals surface area contributed by atoms with Gasteiger partial charge >= 0.3 is 0 Å². The average molecular weight is 324 g/mol. The third-order valence-electron chi connectivity index (χ3n) is 3.84. The molecular formula is C19H20N2O3. The highest BCUT2D eigenvalue weighted by atomic mass is 16.5.